The van der Waals surface area contributed by atoms with Crippen LogP contribution in [0, 0.1) is 17.0 Å². The first-order chi connectivity index (χ1) is 9.41. The molecule has 0 radical (unpaired) electrons. The quantitative estimate of drug-likeness (QED) is 0.676. The van der Waals surface area contributed by atoms with Gasteiger partial charge in [0.2, 0.25) is 0 Å². The molecule has 1 aliphatic rings. The Morgan fingerprint density at radius 1 is 1.40 bits per heavy atom. The molecule has 0 amide bonds. The van der Waals surface area contributed by atoms with Crippen LogP contribution in [0.25, 0.3) is 0 Å². The van der Waals surface area contributed by atoms with Gasteiger partial charge >= 0.3 is 5.97 Å². The van der Waals surface area contributed by atoms with Gasteiger partial charge in [0.15, 0.2) is 0 Å². The van der Waals surface area contributed by atoms with Crippen LogP contribution >= 0.6 is 0 Å². The number of aromatic carboxylic acids is 1. The van der Waals surface area contributed by atoms with E-state index >= 15 is 0 Å². The molecule has 1 N–H and O–H groups in total. The Morgan fingerprint density at radius 2 is 2.00 bits per heavy atom. The summed E-state index contributed by atoms with van der Waals surface area (Å²) < 4.78 is 0. The van der Waals surface area contributed by atoms with Gasteiger partial charge in [-0.1, -0.05) is 12.8 Å². The summed E-state index contributed by atoms with van der Waals surface area (Å²) in [4.78, 5) is 23.7. The van der Waals surface area contributed by atoms with Crippen molar-refractivity contribution in [3.05, 3.63) is 33.4 Å². The van der Waals surface area contributed by atoms with Crippen LogP contribution in [0.15, 0.2) is 12.1 Å². The molecule has 1 aromatic carbocycles. The van der Waals surface area contributed by atoms with E-state index in [0.717, 1.165) is 31.7 Å². The molecule has 1 aliphatic carbocycles. The SMILES string of the molecule is Cc1c(N(C)C2CCCC2)cc(C(=O)O)cc1[N+](=O)[O-]. The smallest absolute Gasteiger partial charge is 0.336 e. The van der Waals surface area contributed by atoms with E-state index in [1.165, 1.54) is 6.07 Å². The van der Waals surface area contributed by atoms with E-state index < -0.39 is 10.9 Å². The van der Waals surface area contributed by atoms with Gasteiger partial charge < -0.3 is 10.0 Å². The molecule has 2 rings (SSSR count). The highest BCUT2D eigenvalue weighted by Crippen LogP contribution is 2.34. The predicted octanol–water partition coefficient (Wildman–Crippen LogP) is 2.98. The second-order valence-corrected chi connectivity index (χ2v) is 5.25. The second-order valence-electron chi connectivity index (χ2n) is 5.25. The van der Waals surface area contributed by atoms with Crippen molar-refractivity contribution in [1.29, 1.82) is 0 Å². The zero-order chi connectivity index (χ0) is 14.9. The van der Waals surface area contributed by atoms with E-state index in [2.05, 4.69) is 0 Å². The lowest BCUT2D eigenvalue weighted by Gasteiger charge is -2.28. The molecule has 0 spiro atoms. The van der Waals surface area contributed by atoms with Crippen LogP contribution in [-0.4, -0.2) is 29.1 Å². The Kier molecular flexibility index (Phi) is 3.92. The van der Waals surface area contributed by atoms with Crippen molar-refractivity contribution in [3.63, 3.8) is 0 Å². The number of anilines is 1. The fraction of sp³-hybridized carbons (Fsp3) is 0.500. The van der Waals surface area contributed by atoms with Crippen molar-refractivity contribution in [2.75, 3.05) is 11.9 Å². The molecule has 1 aromatic rings. The van der Waals surface area contributed by atoms with E-state index in [1.807, 2.05) is 11.9 Å². The standard InChI is InChI=1S/C14H18N2O4/c1-9-12(15(2)11-5-3-4-6-11)7-10(14(17)18)8-13(9)16(19)20/h7-8,11H,3-6H2,1-2H3,(H,17,18). The monoisotopic (exact) mass is 278 g/mol. The second kappa shape index (κ2) is 5.48. The molecule has 0 atom stereocenters. The summed E-state index contributed by atoms with van der Waals surface area (Å²) in [6.07, 6.45) is 4.38. The van der Waals surface area contributed by atoms with Crippen molar-refractivity contribution < 1.29 is 14.8 Å². The molecule has 6 heteroatoms. The lowest BCUT2D eigenvalue weighted by Crippen LogP contribution is -2.29. The van der Waals surface area contributed by atoms with Crippen LogP contribution in [0.1, 0.15) is 41.6 Å². The number of carboxylic acids is 1. The maximum Gasteiger partial charge on any atom is 0.336 e. The van der Waals surface area contributed by atoms with Crippen LogP contribution < -0.4 is 4.90 Å². The summed E-state index contributed by atoms with van der Waals surface area (Å²) in [6, 6.07) is 2.99. The van der Waals surface area contributed by atoms with Crippen LogP contribution in [0.5, 0.6) is 0 Å². The van der Waals surface area contributed by atoms with Gasteiger partial charge in [0.05, 0.1) is 16.1 Å². The molecule has 0 bridgehead atoms. The highest BCUT2D eigenvalue weighted by Gasteiger charge is 2.25. The molecule has 108 valence electrons. The van der Waals surface area contributed by atoms with Crippen LogP contribution in [0.2, 0.25) is 0 Å². The highest BCUT2D eigenvalue weighted by atomic mass is 16.6. The lowest BCUT2D eigenvalue weighted by atomic mass is 10.0. The highest BCUT2D eigenvalue weighted by molar-refractivity contribution is 5.90. The van der Waals surface area contributed by atoms with Crippen molar-refractivity contribution in [1.82, 2.24) is 0 Å². The third-order valence-corrected chi connectivity index (χ3v) is 4.05. The molecular weight excluding hydrogens is 260 g/mol. The third kappa shape index (κ3) is 2.59. The fourth-order valence-electron chi connectivity index (χ4n) is 2.85. The maximum absolute atomic E-state index is 11.1. The number of rotatable bonds is 4. The van der Waals surface area contributed by atoms with Gasteiger partial charge in [0.25, 0.3) is 5.69 Å². The van der Waals surface area contributed by atoms with Gasteiger partial charge in [-0.25, -0.2) is 4.79 Å². The van der Waals surface area contributed by atoms with Crippen molar-refractivity contribution in [2.24, 2.45) is 0 Å². The summed E-state index contributed by atoms with van der Waals surface area (Å²) in [5, 5.41) is 20.2. The number of hydrogen-bond donors (Lipinski definition) is 1. The Hall–Kier alpha value is -2.11. The van der Waals surface area contributed by atoms with E-state index in [-0.39, 0.29) is 11.3 Å². The number of carboxylic acid groups (broad SMARTS) is 1. The number of nitro groups is 1. The van der Waals surface area contributed by atoms with Crippen molar-refractivity contribution >= 4 is 17.3 Å². The molecule has 0 aliphatic heterocycles. The summed E-state index contributed by atoms with van der Waals surface area (Å²) in [7, 11) is 1.88. The number of carbonyl (C=O) groups is 1. The third-order valence-electron chi connectivity index (χ3n) is 4.05. The predicted molar refractivity (Wildman–Crippen MR) is 75.5 cm³/mol. The fourth-order valence-corrected chi connectivity index (χ4v) is 2.85. The van der Waals surface area contributed by atoms with Crippen molar-refractivity contribution in [2.45, 2.75) is 38.6 Å². The zero-order valence-electron chi connectivity index (χ0n) is 11.6. The number of nitrogens with zero attached hydrogens (tertiary/aromatic N) is 2. The largest absolute Gasteiger partial charge is 0.478 e. The van der Waals surface area contributed by atoms with Gasteiger partial charge in [-0.05, 0) is 25.8 Å². The normalized spacial score (nSPS) is 15.3. The van der Waals surface area contributed by atoms with Gasteiger partial charge in [0.1, 0.15) is 0 Å². The topological polar surface area (TPSA) is 83.7 Å². The first-order valence-corrected chi connectivity index (χ1v) is 6.67. The maximum atomic E-state index is 11.1. The number of hydrogen-bond acceptors (Lipinski definition) is 4. The van der Waals surface area contributed by atoms with Gasteiger partial charge in [0, 0.05) is 24.8 Å². The summed E-state index contributed by atoms with van der Waals surface area (Å²) >= 11 is 0. The Balaban J connectivity index is 2.49. The summed E-state index contributed by atoms with van der Waals surface area (Å²) in [6.45, 7) is 1.67. The summed E-state index contributed by atoms with van der Waals surface area (Å²) in [5.74, 6) is -1.14. The first kappa shape index (κ1) is 14.3. The van der Waals surface area contributed by atoms with Crippen molar-refractivity contribution in [3.8, 4) is 0 Å². The Bertz CT molecular complexity index is 550. The Labute approximate surface area is 117 Å². The molecule has 1 fully saturated rings. The van der Waals surface area contributed by atoms with E-state index in [0.29, 0.717) is 17.3 Å². The van der Waals surface area contributed by atoms with Gasteiger partial charge in [-0.3, -0.25) is 10.1 Å². The lowest BCUT2D eigenvalue weighted by molar-refractivity contribution is -0.385. The minimum absolute atomic E-state index is 0.0397. The van der Waals surface area contributed by atoms with Crippen LogP contribution in [-0.2, 0) is 0 Å². The van der Waals surface area contributed by atoms with E-state index in [9.17, 15) is 14.9 Å². The molecule has 6 nitrogen and oxygen atoms in total. The number of benzene rings is 1. The van der Waals surface area contributed by atoms with Crippen LogP contribution in [0.4, 0.5) is 11.4 Å². The minimum atomic E-state index is -1.14. The zero-order valence-corrected chi connectivity index (χ0v) is 11.6. The molecule has 0 aromatic heterocycles. The summed E-state index contributed by atoms with van der Waals surface area (Å²) in [5.41, 5.74) is 0.991. The number of nitro benzene ring substituents is 1. The average Bonchev–Trinajstić information content (AvgIpc) is 2.91. The first-order valence-electron chi connectivity index (χ1n) is 6.67. The molecule has 0 unspecified atom stereocenters. The average molecular weight is 278 g/mol. The minimum Gasteiger partial charge on any atom is -0.478 e. The molecule has 20 heavy (non-hydrogen) atoms. The molecule has 1 saturated carbocycles. The Morgan fingerprint density at radius 3 is 2.50 bits per heavy atom. The molecule has 0 heterocycles. The molecule has 0 saturated heterocycles. The van der Waals surface area contributed by atoms with Gasteiger partial charge in [-0.2, -0.15) is 0 Å². The van der Waals surface area contributed by atoms with Crippen LogP contribution in [0.3, 0.4) is 0 Å². The van der Waals surface area contributed by atoms with Gasteiger partial charge in [-0.15, -0.1) is 0 Å². The van der Waals surface area contributed by atoms with E-state index in [4.69, 9.17) is 5.11 Å². The molecular formula is C14H18N2O4. The van der Waals surface area contributed by atoms with E-state index in [1.54, 1.807) is 6.92 Å².